The molecule has 0 saturated heterocycles. The minimum absolute atomic E-state index is 0.242. The van der Waals surface area contributed by atoms with Crippen LogP contribution in [-0.4, -0.2) is 68.4 Å². The summed E-state index contributed by atoms with van der Waals surface area (Å²) < 4.78 is 26.8. The lowest BCUT2D eigenvalue weighted by Crippen LogP contribution is -2.19. The number of H-pyrrole nitrogens is 2. The molecule has 1 saturated carbocycles. The maximum atomic E-state index is 14.7. The van der Waals surface area contributed by atoms with Gasteiger partial charge in [-0.25, -0.2) is 14.4 Å². The van der Waals surface area contributed by atoms with Gasteiger partial charge in [0.05, 0.1) is 29.2 Å². The first-order valence-electron chi connectivity index (χ1n) is 15.0. The largest absolute Gasteiger partial charge is 0.492 e. The number of rotatable bonds is 9. The van der Waals surface area contributed by atoms with Gasteiger partial charge in [-0.2, -0.15) is 5.10 Å². The lowest BCUT2D eigenvalue weighted by Gasteiger charge is -2.22. The summed E-state index contributed by atoms with van der Waals surface area (Å²) in [6, 6.07) is 14.6. The van der Waals surface area contributed by atoms with Crippen LogP contribution in [0, 0.1) is 5.82 Å². The Morgan fingerprint density at radius 3 is 2.68 bits per heavy atom. The van der Waals surface area contributed by atoms with Crippen LogP contribution in [0.3, 0.4) is 0 Å². The van der Waals surface area contributed by atoms with Crippen molar-refractivity contribution in [3.05, 3.63) is 72.9 Å². The Balaban J connectivity index is 1.21. The predicted octanol–water partition coefficient (Wildman–Crippen LogP) is 7.02. The molecule has 9 nitrogen and oxygen atoms in total. The third-order valence-electron chi connectivity index (χ3n) is 8.05. The molecule has 5 heterocycles. The van der Waals surface area contributed by atoms with Crippen molar-refractivity contribution in [1.29, 1.82) is 0 Å². The van der Waals surface area contributed by atoms with E-state index >= 15 is 0 Å². The van der Waals surface area contributed by atoms with Gasteiger partial charge < -0.3 is 19.4 Å². The normalized spacial score (nSPS) is 14.1. The highest BCUT2D eigenvalue weighted by Gasteiger charge is 2.18. The number of hydrogen-bond acceptors (Lipinski definition) is 7. The van der Waals surface area contributed by atoms with Gasteiger partial charge in [0, 0.05) is 36.0 Å². The van der Waals surface area contributed by atoms with E-state index in [0.29, 0.717) is 29.3 Å². The number of ether oxygens (including phenoxy) is 2. The molecule has 0 bridgehead atoms. The van der Waals surface area contributed by atoms with Crippen LogP contribution < -0.4 is 9.47 Å². The van der Waals surface area contributed by atoms with Crippen LogP contribution in [0.5, 0.6) is 11.5 Å². The number of benzene rings is 1. The summed E-state index contributed by atoms with van der Waals surface area (Å²) in [5, 5.41) is 8.54. The zero-order valence-corrected chi connectivity index (χ0v) is 24.8. The number of aromatic nitrogens is 6. The second kappa shape index (κ2) is 12.0. The Morgan fingerprint density at radius 1 is 0.955 bits per heavy atom. The van der Waals surface area contributed by atoms with Crippen LogP contribution in [-0.2, 0) is 0 Å². The van der Waals surface area contributed by atoms with Gasteiger partial charge in [-0.05, 0) is 93.4 Å². The summed E-state index contributed by atoms with van der Waals surface area (Å²) in [4.78, 5) is 19.4. The van der Waals surface area contributed by atoms with Gasteiger partial charge in [0.15, 0.2) is 0 Å². The smallest absolute Gasteiger partial charge is 0.138 e. The fourth-order valence-corrected chi connectivity index (χ4v) is 5.80. The molecule has 0 unspecified atom stereocenters. The van der Waals surface area contributed by atoms with Crippen LogP contribution in [0.4, 0.5) is 4.39 Å². The topological polar surface area (TPSA) is 105 Å². The molecular weight excluding hydrogens is 557 g/mol. The second-order valence-corrected chi connectivity index (χ2v) is 11.6. The van der Waals surface area contributed by atoms with Crippen LogP contribution in [0.1, 0.15) is 32.1 Å². The van der Waals surface area contributed by atoms with Crippen LogP contribution in [0.2, 0.25) is 0 Å². The monoisotopic (exact) mass is 591 g/mol. The van der Waals surface area contributed by atoms with Crippen LogP contribution in [0.25, 0.3) is 55.8 Å². The number of aromatic amines is 2. The van der Waals surface area contributed by atoms with E-state index in [9.17, 15) is 4.39 Å². The van der Waals surface area contributed by atoms with E-state index in [1.165, 1.54) is 31.4 Å². The molecule has 1 aromatic carbocycles. The molecule has 44 heavy (non-hydrogen) atoms. The highest BCUT2D eigenvalue weighted by Crippen LogP contribution is 2.35. The maximum absolute atomic E-state index is 14.7. The molecule has 0 aliphatic heterocycles. The first kappa shape index (κ1) is 28.0. The molecule has 1 aliphatic carbocycles. The van der Waals surface area contributed by atoms with E-state index in [1.807, 2.05) is 55.4 Å². The first-order chi connectivity index (χ1) is 21.5. The summed E-state index contributed by atoms with van der Waals surface area (Å²) in [5.74, 6) is 0.891. The van der Waals surface area contributed by atoms with Crippen molar-refractivity contribution in [3.63, 3.8) is 0 Å². The van der Waals surface area contributed by atoms with Crippen molar-refractivity contribution in [2.24, 2.45) is 0 Å². The van der Waals surface area contributed by atoms with Crippen molar-refractivity contribution in [1.82, 2.24) is 35.0 Å². The first-order valence-corrected chi connectivity index (χ1v) is 15.0. The Labute approximate surface area is 254 Å². The molecule has 1 fully saturated rings. The number of pyridine rings is 3. The van der Waals surface area contributed by atoms with Crippen LogP contribution >= 0.6 is 0 Å². The molecule has 0 atom stereocenters. The van der Waals surface area contributed by atoms with Gasteiger partial charge in [0.2, 0.25) is 0 Å². The SMILES string of the molecule is CN(C)CCOc1cc(F)cc(-c2ccnc3[nH]c(-c4n[nH]c5ccc(-c6cncc(OC7CCCCC7)c6)nc45)cc23)c1. The van der Waals surface area contributed by atoms with E-state index in [4.69, 9.17) is 14.5 Å². The maximum Gasteiger partial charge on any atom is 0.138 e. The molecule has 0 radical (unpaired) electrons. The minimum atomic E-state index is -0.360. The Bertz CT molecular complexity index is 1930. The molecule has 7 rings (SSSR count). The van der Waals surface area contributed by atoms with Gasteiger partial charge >= 0.3 is 0 Å². The number of fused-ring (bicyclic) bond motifs is 2. The lowest BCUT2D eigenvalue weighted by atomic mass is 9.98. The standard InChI is InChI=1S/C34H34FN7O2/c1-42(2)12-13-43-25-15-21(14-23(35)17-25)27-10-11-37-34-28(27)18-31(39-34)33-32-30(40-41-33)9-8-29(38-32)22-16-26(20-36-19-22)44-24-6-4-3-5-7-24/h8-11,14-20,24H,3-7,12-13H2,1-2H3,(H,37,39)(H,40,41). The molecule has 0 amide bonds. The second-order valence-electron chi connectivity index (χ2n) is 11.6. The number of likely N-dealkylation sites (N-methyl/N-ethyl adjacent to an activating group) is 1. The summed E-state index contributed by atoms with van der Waals surface area (Å²) >= 11 is 0. The van der Waals surface area contributed by atoms with Crippen molar-refractivity contribution >= 4 is 22.1 Å². The summed E-state index contributed by atoms with van der Waals surface area (Å²) in [6.45, 7) is 1.20. The van der Waals surface area contributed by atoms with Crippen molar-refractivity contribution in [2.75, 3.05) is 27.2 Å². The number of nitrogens with one attached hydrogen (secondary N) is 2. The zero-order valence-electron chi connectivity index (χ0n) is 24.8. The fourth-order valence-electron chi connectivity index (χ4n) is 5.80. The highest BCUT2D eigenvalue weighted by atomic mass is 19.1. The Hall–Kier alpha value is -4.83. The lowest BCUT2D eigenvalue weighted by molar-refractivity contribution is 0.154. The van der Waals surface area contributed by atoms with Gasteiger partial charge in [-0.3, -0.25) is 10.1 Å². The van der Waals surface area contributed by atoms with Gasteiger partial charge in [0.1, 0.15) is 40.8 Å². The average Bonchev–Trinajstić information content (AvgIpc) is 3.65. The summed E-state index contributed by atoms with van der Waals surface area (Å²) in [5.41, 5.74) is 6.81. The van der Waals surface area contributed by atoms with Crippen molar-refractivity contribution < 1.29 is 13.9 Å². The number of hydrogen-bond donors (Lipinski definition) is 2. The molecule has 10 heteroatoms. The van der Waals surface area contributed by atoms with Crippen LogP contribution in [0.15, 0.2) is 67.1 Å². The van der Waals surface area contributed by atoms with E-state index in [-0.39, 0.29) is 11.9 Å². The van der Waals surface area contributed by atoms with Gasteiger partial charge in [-0.1, -0.05) is 6.42 Å². The Kier molecular flexibility index (Phi) is 7.66. The molecule has 5 aromatic heterocycles. The van der Waals surface area contributed by atoms with E-state index in [2.05, 4.69) is 25.1 Å². The average molecular weight is 592 g/mol. The van der Waals surface area contributed by atoms with E-state index < -0.39 is 0 Å². The van der Waals surface area contributed by atoms with Gasteiger partial charge in [-0.15, -0.1) is 0 Å². The fraction of sp³-hybridized carbons (Fsp3) is 0.294. The number of halogens is 1. The molecule has 2 N–H and O–H groups in total. The van der Waals surface area contributed by atoms with Crippen molar-refractivity contribution in [3.8, 4) is 45.3 Å². The zero-order chi connectivity index (χ0) is 30.0. The summed E-state index contributed by atoms with van der Waals surface area (Å²) in [7, 11) is 3.94. The third-order valence-corrected chi connectivity index (χ3v) is 8.05. The number of nitrogens with zero attached hydrogens (tertiary/aromatic N) is 5. The van der Waals surface area contributed by atoms with E-state index in [0.717, 1.165) is 64.1 Å². The van der Waals surface area contributed by atoms with E-state index in [1.54, 1.807) is 18.6 Å². The predicted molar refractivity (Wildman–Crippen MR) is 169 cm³/mol. The van der Waals surface area contributed by atoms with Crippen molar-refractivity contribution in [2.45, 2.75) is 38.2 Å². The van der Waals surface area contributed by atoms with Gasteiger partial charge in [0.25, 0.3) is 0 Å². The molecule has 1 aliphatic rings. The Morgan fingerprint density at radius 2 is 1.82 bits per heavy atom. The highest BCUT2D eigenvalue weighted by molar-refractivity contribution is 5.99. The third kappa shape index (κ3) is 5.85. The minimum Gasteiger partial charge on any atom is -0.492 e. The molecule has 0 spiro atoms. The molecule has 224 valence electrons. The molecule has 6 aromatic rings. The quantitative estimate of drug-likeness (QED) is 0.186. The molecular formula is C34H34FN7O2. The summed E-state index contributed by atoms with van der Waals surface area (Å²) in [6.07, 6.45) is 11.4.